The van der Waals surface area contributed by atoms with Crippen LogP contribution in [-0.4, -0.2) is 60.5 Å². The van der Waals surface area contributed by atoms with E-state index < -0.39 is 42.6 Å². The first-order chi connectivity index (χ1) is 26.3. The number of carbonyl (C=O) groups excluding carboxylic acids is 2. The van der Waals surface area contributed by atoms with Gasteiger partial charge in [0.2, 0.25) is 12.4 Å². The van der Waals surface area contributed by atoms with Crippen LogP contribution in [0, 0.1) is 11.7 Å². The Morgan fingerprint density at radius 3 is 2.27 bits per heavy atom. The number of aromatic nitrogens is 1. The number of benzene rings is 3. The standard InChI is InChI=1S/C40H41Cl2F3N3O7/c1-23(2)52-35-17-27(11-12-33(35)55-40(44)45)34(18-29-30(41)20-48(51)21-31(29)42)53-38(49)26-9-7-24(8-10-26)19-46-37(28-5-3-4-6-32(28)43)39(50)54-36-22-47-15-13-25(36)14-16-47/h3-12,17,20-21,23,25,34,36-37,40,46,51H,13-16,18-19,22H2,1-2H3/q+1/t34-,36-,37?/m0/s1. The van der Waals surface area contributed by atoms with Gasteiger partial charge in [-0.3, -0.25) is 15.4 Å². The van der Waals surface area contributed by atoms with E-state index in [9.17, 15) is 28.0 Å². The van der Waals surface area contributed by atoms with Gasteiger partial charge in [-0.1, -0.05) is 59.6 Å². The topological polar surface area (TPSA) is 110 Å². The van der Waals surface area contributed by atoms with E-state index in [0.717, 1.165) is 25.9 Å². The zero-order chi connectivity index (χ0) is 39.2. The van der Waals surface area contributed by atoms with Crippen molar-refractivity contribution in [2.24, 2.45) is 5.92 Å². The zero-order valence-corrected chi connectivity index (χ0v) is 31.6. The van der Waals surface area contributed by atoms with Crippen LogP contribution in [0.2, 0.25) is 10.0 Å². The van der Waals surface area contributed by atoms with Gasteiger partial charge in [-0.15, -0.1) is 0 Å². The molecule has 0 amide bonds. The van der Waals surface area contributed by atoms with Crippen molar-refractivity contribution >= 4 is 35.1 Å². The lowest BCUT2D eigenvalue weighted by molar-refractivity contribution is -0.904. The smallest absolute Gasteiger partial charge is 0.387 e. The molecule has 0 saturated carbocycles. The quantitative estimate of drug-likeness (QED) is 0.0712. The van der Waals surface area contributed by atoms with Gasteiger partial charge in [-0.2, -0.15) is 8.78 Å². The van der Waals surface area contributed by atoms with Crippen LogP contribution in [0.25, 0.3) is 0 Å². The fourth-order valence-electron chi connectivity index (χ4n) is 6.88. The second kappa shape index (κ2) is 17.9. The van der Waals surface area contributed by atoms with Crippen molar-refractivity contribution < 1.29 is 51.6 Å². The zero-order valence-electron chi connectivity index (χ0n) is 30.1. The number of hydrogen-bond donors (Lipinski definition) is 2. The molecular weight excluding hydrogens is 762 g/mol. The van der Waals surface area contributed by atoms with Crippen LogP contribution in [0.1, 0.15) is 71.4 Å². The number of halogens is 5. The molecule has 3 aliphatic rings. The van der Waals surface area contributed by atoms with E-state index in [1.807, 2.05) is 0 Å². The maximum absolute atomic E-state index is 15.0. The minimum atomic E-state index is -3.10. The number of esters is 2. The van der Waals surface area contributed by atoms with Crippen LogP contribution >= 0.6 is 23.2 Å². The third kappa shape index (κ3) is 10.2. The SMILES string of the molecule is CC(C)Oc1cc([C@H](Cc2c(Cl)c[n+](O)cc2Cl)OC(=O)c2ccc(CNC(C(=O)O[C@H]3CN4CCC3CC4)c3ccccc3F)cc2)ccc1OC(F)F. The molecular formula is C40H41Cl2F3N3O7+. The third-order valence-corrected chi connectivity index (χ3v) is 10.3. The highest BCUT2D eigenvalue weighted by atomic mass is 35.5. The third-order valence-electron chi connectivity index (χ3n) is 9.64. The molecule has 4 aromatic rings. The number of rotatable bonds is 15. The molecule has 292 valence electrons. The highest BCUT2D eigenvalue weighted by Crippen LogP contribution is 2.37. The van der Waals surface area contributed by atoms with Crippen molar-refractivity contribution in [1.29, 1.82) is 0 Å². The Hall–Kier alpha value is -4.56. The second-order valence-corrected chi connectivity index (χ2v) is 14.6. The summed E-state index contributed by atoms with van der Waals surface area (Å²) in [6.45, 7) is 3.11. The molecule has 0 aliphatic carbocycles. The lowest BCUT2D eigenvalue weighted by Gasteiger charge is -2.44. The Morgan fingerprint density at radius 2 is 1.65 bits per heavy atom. The van der Waals surface area contributed by atoms with Crippen molar-refractivity contribution in [1.82, 2.24) is 10.2 Å². The first-order valence-corrected chi connectivity index (χ1v) is 18.6. The molecule has 3 fully saturated rings. The molecule has 1 aromatic heterocycles. The molecule has 7 rings (SSSR count). The van der Waals surface area contributed by atoms with Gasteiger partial charge in [0, 0.05) is 35.4 Å². The van der Waals surface area contributed by atoms with Crippen LogP contribution in [-0.2, 0) is 27.2 Å². The number of alkyl halides is 2. The van der Waals surface area contributed by atoms with E-state index in [4.69, 9.17) is 37.4 Å². The number of ether oxygens (including phenoxy) is 4. The maximum atomic E-state index is 15.0. The summed E-state index contributed by atoms with van der Waals surface area (Å²) in [5.74, 6) is -1.74. The molecule has 4 heterocycles. The fraction of sp³-hybridized carbons (Fsp3) is 0.375. The molecule has 15 heteroatoms. The molecule has 3 atom stereocenters. The number of fused-ring (bicyclic) bond motifs is 3. The molecule has 2 bridgehead atoms. The molecule has 3 saturated heterocycles. The molecule has 3 aliphatic heterocycles. The van der Waals surface area contributed by atoms with Gasteiger partial charge < -0.3 is 18.9 Å². The van der Waals surface area contributed by atoms with E-state index in [1.165, 1.54) is 36.7 Å². The minimum Gasteiger partial charge on any atom is -0.487 e. The predicted molar refractivity (Wildman–Crippen MR) is 196 cm³/mol. The Morgan fingerprint density at radius 1 is 0.964 bits per heavy atom. The number of carbonyl (C=O) groups is 2. The van der Waals surface area contributed by atoms with E-state index in [1.54, 1.807) is 56.3 Å². The molecule has 55 heavy (non-hydrogen) atoms. The minimum absolute atomic E-state index is 0.00507. The van der Waals surface area contributed by atoms with E-state index in [-0.39, 0.29) is 57.7 Å². The van der Waals surface area contributed by atoms with Gasteiger partial charge in [0.05, 0.1) is 11.7 Å². The highest BCUT2D eigenvalue weighted by molar-refractivity contribution is 6.35. The van der Waals surface area contributed by atoms with E-state index in [2.05, 4.69) is 15.0 Å². The molecule has 2 N–H and O–H groups in total. The normalized spacial score (nSPS) is 18.9. The maximum Gasteiger partial charge on any atom is 0.387 e. The first kappa shape index (κ1) is 40.1. The average molecular weight is 804 g/mol. The molecule has 0 radical (unpaired) electrons. The lowest BCUT2D eigenvalue weighted by Crippen LogP contribution is -2.52. The van der Waals surface area contributed by atoms with Crippen LogP contribution in [0.4, 0.5) is 13.2 Å². The Labute approximate surface area is 326 Å². The summed E-state index contributed by atoms with van der Waals surface area (Å²) in [4.78, 5) is 29.5. The summed E-state index contributed by atoms with van der Waals surface area (Å²) in [6, 6.07) is 15.6. The van der Waals surface area contributed by atoms with Gasteiger partial charge in [0.1, 0.15) is 34.1 Å². The number of nitrogens with one attached hydrogen (secondary N) is 1. The predicted octanol–water partition coefficient (Wildman–Crippen LogP) is 7.66. The van der Waals surface area contributed by atoms with Gasteiger partial charge in [-0.05, 0) is 87.2 Å². The van der Waals surface area contributed by atoms with Crippen LogP contribution < -0.4 is 19.5 Å². The lowest BCUT2D eigenvalue weighted by atomic mass is 9.86. The Balaban J connectivity index is 1.20. The van der Waals surface area contributed by atoms with E-state index >= 15 is 0 Å². The summed E-state index contributed by atoms with van der Waals surface area (Å²) in [6.07, 6.45) is 2.58. The monoisotopic (exact) mass is 802 g/mol. The molecule has 3 aromatic carbocycles. The van der Waals surface area contributed by atoms with Crippen molar-refractivity contribution in [2.75, 3.05) is 19.6 Å². The van der Waals surface area contributed by atoms with Gasteiger partial charge in [0.25, 0.3) is 0 Å². The summed E-state index contributed by atoms with van der Waals surface area (Å²) in [5.41, 5.74) is 1.75. The fourth-order valence-corrected chi connectivity index (χ4v) is 7.48. The van der Waals surface area contributed by atoms with Crippen molar-refractivity contribution in [3.63, 3.8) is 0 Å². The molecule has 0 spiro atoms. The largest absolute Gasteiger partial charge is 0.487 e. The van der Waals surface area contributed by atoms with Crippen molar-refractivity contribution in [3.8, 4) is 11.5 Å². The number of nitrogens with zero attached hydrogens (tertiary/aromatic N) is 2. The van der Waals surface area contributed by atoms with Crippen LogP contribution in [0.3, 0.4) is 0 Å². The van der Waals surface area contributed by atoms with Gasteiger partial charge >= 0.3 is 18.6 Å². The van der Waals surface area contributed by atoms with Crippen LogP contribution in [0.5, 0.6) is 11.5 Å². The number of pyridine rings is 1. The number of piperidine rings is 3. The Bertz CT molecular complexity index is 1960. The Kier molecular flexibility index (Phi) is 13.1. The van der Waals surface area contributed by atoms with Gasteiger partial charge in [0.15, 0.2) is 11.5 Å². The van der Waals surface area contributed by atoms with Crippen LogP contribution in [0.15, 0.2) is 79.1 Å². The number of hydrogen-bond acceptors (Lipinski definition) is 9. The first-order valence-electron chi connectivity index (χ1n) is 17.9. The van der Waals surface area contributed by atoms with Gasteiger partial charge in [-0.25, -0.2) is 14.0 Å². The van der Waals surface area contributed by atoms with Crippen molar-refractivity contribution in [2.45, 2.75) is 70.6 Å². The molecule has 10 nitrogen and oxygen atoms in total. The summed E-state index contributed by atoms with van der Waals surface area (Å²) >= 11 is 12.8. The second-order valence-electron chi connectivity index (χ2n) is 13.8. The average Bonchev–Trinajstić information content (AvgIpc) is 3.14. The van der Waals surface area contributed by atoms with E-state index in [0.29, 0.717) is 28.0 Å². The highest BCUT2D eigenvalue weighted by Gasteiger charge is 2.38. The molecule has 1 unspecified atom stereocenters. The summed E-state index contributed by atoms with van der Waals surface area (Å²) in [7, 11) is 0. The summed E-state index contributed by atoms with van der Waals surface area (Å²) < 4.78 is 64.4. The van der Waals surface area contributed by atoms with Crippen molar-refractivity contribution in [3.05, 3.63) is 123 Å². The summed E-state index contributed by atoms with van der Waals surface area (Å²) in [5, 5.41) is 13.2.